The molecule has 0 atom stereocenters. The van der Waals surface area contributed by atoms with E-state index in [1.54, 1.807) is 18.2 Å². The third-order valence-electron chi connectivity index (χ3n) is 9.49. The van der Waals surface area contributed by atoms with E-state index in [0.29, 0.717) is 33.4 Å². The summed E-state index contributed by atoms with van der Waals surface area (Å²) in [5, 5.41) is 0. The van der Waals surface area contributed by atoms with Crippen LogP contribution in [0.15, 0.2) is 146 Å². The summed E-state index contributed by atoms with van der Waals surface area (Å²) in [4.78, 5) is 0. The van der Waals surface area contributed by atoms with Crippen LogP contribution in [0.4, 0.5) is 0 Å². The van der Waals surface area contributed by atoms with Crippen molar-refractivity contribution < 1.29 is 0 Å². The van der Waals surface area contributed by atoms with Gasteiger partial charge in [0.1, 0.15) is 0 Å². The topological polar surface area (TPSA) is 0 Å². The highest BCUT2D eigenvalue weighted by atomic mass is 14.0. The van der Waals surface area contributed by atoms with E-state index in [2.05, 4.69) is 107 Å². The minimum Gasteiger partial charge on any atom is -0.115 e. The summed E-state index contributed by atoms with van der Waals surface area (Å²) in [5.74, 6) is 54.5. The van der Waals surface area contributed by atoms with Crippen molar-refractivity contribution in [2.75, 3.05) is 0 Å². The zero-order valence-corrected chi connectivity index (χ0v) is 35.3. The van der Waals surface area contributed by atoms with Gasteiger partial charge in [0.05, 0.1) is 0 Å². The first kappa shape index (κ1) is 43.4. The number of benzene rings is 7. The summed E-state index contributed by atoms with van der Waals surface area (Å²) in [7, 11) is 0. The molecule has 0 bridgehead atoms. The third-order valence-corrected chi connectivity index (χ3v) is 9.49. The molecular weight excluding hydrogens is 793 g/mol. The predicted molar refractivity (Wildman–Crippen MR) is 269 cm³/mol. The van der Waals surface area contributed by atoms with Crippen molar-refractivity contribution in [3.63, 3.8) is 0 Å². The van der Waals surface area contributed by atoms with E-state index in [4.69, 9.17) is 38.5 Å². The Kier molecular flexibility index (Phi) is 13.9. The van der Waals surface area contributed by atoms with Crippen molar-refractivity contribution in [2.45, 2.75) is 0 Å². The Labute approximate surface area is 389 Å². The van der Waals surface area contributed by atoms with Gasteiger partial charge in [0.15, 0.2) is 0 Å². The number of hydrogen-bond donors (Lipinski definition) is 0. The second kappa shape index (κ2) is 21.2. The first-order valence-corrected chi connectivity index (χ1v) is 20.1. The molecule has 7 rings (SSSR count). The van der Waals surface area contributed by atoms with Gasteiger partial charge in [0.25, 0.3) is 0 Å². The molecule has 0 saturated carbocycles. The Morgan fingerprint density at radius 2 is 0.258 bits per heavy atom. The number of hydrogen-bond acceptors (Lipinski definition) is 0. The molecule has 66 heavy (non-hydrogen) atoms. The molecule has 0 N–H and O–H groups in total. The summed E-state index contributed by atoms with van der Waals surface area (Å²) in [6.07, 6.45) is 33.6. The van der Waals surface area contributed by atoms with Gasteiger partial charge < -0.3 is 0 Å². The number of terminal acetylenes is 6. The molecule has 0 saturated heterocycles. The molecule has 0 aliphatic carbocycles. The van der Waals surface area contributed by atoms with Crippen LogP contribution >= 0.6 is 0 Å². The summed E-state index contributed by atoms with van der Waals surface area (Å²) in [5.41, 5.74) is 13.6. The first-order valence-electron chi connectivity index (χ1n) is 20.1. The fourth-order valence-electron chi connectivity index (χ4n) is 6.22. The van der Waals surface area contributed by atoms with Gasteiger partial charge in [-0.1, -0.05) is 107 Å². The Morgan fingerprint density at radius 1 is 0.152 bits per heavy atom. The van der Waals surface area contributed by atoms with E-state index in [1.807, 2.05) is 127 Å². The standard InChI is InChI=1S/C66H30/c1-7-49-37-50(8-2)41-61(40-49)31-25-55-13-19-58(20-14-55)28-34-64-46-65(35-29-59-21-15-56(16-22-59)26-32-62-42-51(9-3)38-52(10-4)43-62)48-66(47-64)36-30-60-23-17-57(18-24-60)27-33-63-44-53(11-5)39-54(12-6)45-63/h1-6,13-24,37-48H. The molecule has 0 heteroatoms. The van der Waals surface area contributed by atoms with Gasteiger partial charge in [-0.05, 0) is 146 Å². The van der Waals surface area contributed by atoms with Gasteiger partial charge in [-0.25, -0.2) is 0 Å². The first-order chi connectivity index (χ1) is 32.3. The van der Waals surface area contributed by atoms with Crippen molar-refractivity contribution in [1.82, 2.24) is 0 Å². The SMILES string of the molecule is C#Cc1cc(C#C)cc(C#Cc2ccc(C#Cc3cc(C#Cc4ccc(C#Cc5cc(C#C)cc(C#C)c5)cc4)cc(C#Cc4ccc(C#Cc5cc(C#C)cc(C#C)c5)cc4)c3)cc2)c1. The molecule has 0 aliphatic heterocycles. The molecule has 0 aliphatic rings. The maximum Gasteiger partial charge on any atom is 0.0273 e. The van der Waals surface area contributed by atoms with E-state index < -0.39 is 0 Å². The van der Waals surface area contributed by atoms with Crippen molar-refractivity contribution in [3.8, 4) is 145 Å². The summed E-state index contributed by atoms with van der Waals surface area (Å²) in [6.45, 7) is 0. The van der Waals surface area contributed by atoms with Crippen LogP contribution in [0, 0.1) is 145 Å². The lowest BCUT2D eigenvalue weighted by molar-refractivity contribution is 1.54. The van der Waals surface area contributed by atoms with Crippen LogP contribution in [0.5, 0.6) is 0 Å². The van der Waals surface area contributed by atoms with Crippen molar-refractivity contribution in [3.05, 3.63) is 246 Å². The molecule has 0 amide bonds. The quantitative estimate of drug-likeness (QED) is 0.134. The van der Waals surface area contributed by atoms with Crippen LogP contribution in [0.3, 0.4) is 0 Å². The molecule has 0 radical (unpaired) electrons. The van der Waals surface area contributed by atoms with Gasteiger partial charge in [0, 0.05) is 100 Å². The Hall–Kier alpha value is -10.7. The fraction of sp³-hybridized carbons (Fsp3) is 0. The Bertz CT molecular complexity index is 3240. The molecule has 0 fully saturated rings. The molecule has 0 unspecified atom stereocenters. The van der Waals surface area contributed by atoms with Crippen LogP contribution in [-0.4, -0.2) is 0 Å². The molecule has 294 valence electrons. The van der Waals surface area contributed by atoms with Gasteiger partial charge in [-0.15, -0.1) is 38.5 Å². The molecule has 0 aromatic heterocycles. The smallest absolute Gasteiger partial charge is 0.0273 e. The van der Waals surface area contributed by atoms with Crippen LogP contribution in [0.1, 0.15) is 100 Å². The number of rotatable bonds is 0. The van der Waals surface area contributed by atoms with Crippen molar-refractivity contribution in [1.29, 1.82) is 0 Å². The van der Waals surface area contributed by atoms with Gasteiger partial charge in [0.2, 0.25) is 0 Å². The van der Waals surface area contributed by atoms with Crippen molar-refractivity contribution in [2.24, 2.45) is 0 Å². The van der Waals surface area contributed by atoms with E-state index in [-0.39, 0.29) is 0 Å². The van der Waals surface area contributed by atoms with E-state index in [0.717, 1.165) is 66.8 Å². The molecule has 0 nitrogen and oxygen atoms in total. The second-order valence-corrected chi connectivity index (χ2v) is 14.3. The summed E-state index contributed by atoms with van der Waals surface area (Å²) < 4.78 is 0. The highest BCUT2D eigenvalue weighted by Gasteiger charge is 2.01. The van der Waals surface area contributed by atoms with E-state index >= 15 is 0 Å². The third kappa shape index (κ3) is 12.2. The minimum absolute atomic E-state index is 0.686. The second-order valence-electron chi connectivity index (χ2n) is 14.3. The lowest BCUT2D eigenvalue weighted by Gasteiger charge is -1.99. The molecule has 7 aromatic carbocycles. The van der Waals surface area contributed by atoms with E-state index in [9.17, 15) is 0 Å². The van der Waals surface area contributed by atoms with Crippen molar-refractivity contribution >= 4 is 0 Å². The van der Waals surface area contributed by atoms with Crippen LogP contribution in [0.2, 0.25) is 0 Å². The lowest BCUT2D eigenvalue weighted by Crippen LogP contribution is -1.86. The average Bonchev–Trinajstić information content (AvgIpc) is 3.37. The fourth-order valence-corrected chi connectivity index (χ4v) is 6.22. The van der Waals surface area contributed by atoms with Crippen LogP contribution in [0.25, 0.3) is 0 Å². The van der Waals surface area contributed by atoms with Gasteiger partial charge in [-0.3, -0.25) is 0 Å². The zero-order chi connectivity index (χ0) is 46.1. The maximum atomic E-state index is 5.60. The summed E-state index contributed by atoms with van der Waals surface area (Å²) in [6, 6.07) is 45.4. The molecule has 0 heterocycles. The highest BCUT2D eigenvalue weighted by Crippen LogP contribution is 2.14. The average molecular weight is 823 g/mol. The Morgan fingerprint density at radius 3 is 0.394 bits per heavy atom. The summed E-state index contributed by atoms with van der Waals surface area (Å²) >= 11 is 0. The minimum atomic E-state index is 0.686. The lowest BCUT2D eigenvalue weighted by atomic mass is 10.0. The van der Waals surface area contributed by atoms with Crippen LogP contribution in [-0.2, 0) is 0 Å². The van der Waals surface area contributed by atoms with E-state index in [1.165, 1.54) is 0 Å². The molecular formula is C66H30. The van der Waals surface area contributed by atoms with Gasteiger partial charge >= 0.3 is 0 Å². The van der Waals surface area contributed by atoms with Gasteiger partial charge in [-0.2, -0.15) is 0 Å². The monoisotopic (exact) mass is 822 g/mol. The zero-order valence-electron chi connectivity index (χ0n) is 35.3. The predicted octanol–water partition coefficient (Wildman–Crippen LogP) is 9.97. The van der Waals surface area contributed by atoms with Crippen LogP contribution < -0.4 is 0 Å². The normalized spacial score (nSPS) is 9.00. The molecule has 0 spiro atoms. The maximum absolute atomic E-state index is 5.60. The largest absolute Gasteiger partial charge is 0.115 e. The Balaban J connectivity index is 1.14. The molecule has 7 aromatic rings. The highest BCUT2D eigenvalue weighted by molar-refractivity contribution is 5.59.